The summed E-state index contributed by atoms with van der Waals surface area (Å²) in [6.07, 6.45) is 0. The molecule has 0 saturated carbocycles. The van der Waals surface area contributed by atoms with Gasteiger partial charge < -0.3 is 14.2 Å². The van der Waals surface area contributed by atoms with E-state index in [9.17, 15) is 4.79 Å². The number of aromatic nitrogens is 2. The quantitative estimate of drug-likeness (QED) is 0.787. The summed E-state index contributed by atoms with van der Waals surface area (Å²) >= 11 is 1.24. The number of hydrogen-bond donors (Lipinski definition) is 0. The van der Waals surface area contributed by atoms with Crippen molar-refractivity contribution in [1.29, 1.82) is 0 Å². The zero-order valence-electron chi connectivity index (χ0n) is 12.5. The van der Waals surface area contributed by atoms with Gasteiger partial charge in [-0.1, -0.05) is 17.8 Å². The molecule has 0 aliphatic carbocycles. The molecule has 0 fully saturated rings. The average molecular weight is 306 g/mol. The van der Waals surface area contributed by atoms with Crippen LogP contribution in [0.4, 0.5) is 5.69 Å². The molecule has 0 saturated heterocycles. The molecule has 0 unspecified atom stereocenters. The number of carbonyl (C=O) groups is 1. The molecule has 2 rings (SSSR count). The van der Waals surface area contributed by atoms with Crippen LogP contribution in [0.3, 0.4) is 0 Å². The minimum Gasteiger partial charge on any atom is -0.411 e. The van der Waals surface area contributed by atoms with E-state index in [-0.39, 0.29) is 11.7 Å². The van der Waals surface area contributed by atoms with E-state index in [2.05, 4.69) is 10.2 Å². The number of carbonyl (C=O) groups excluding carboxylic acids is 1. The van der Waals surface area contributed by atoms with Crippen molar-refractivity contribution in [3.05, 3.63) is 24.3 Å². The van der Waals surface area contributed by atoms with Crippen LogP contribution >= 0.6 is 11.8 Å². The Morgan fingerprint density at radius 1 is 1.24 bits per heavy atom. The van der Waals surface area contributed by atoms with Crippen molar-refractivity contribution in [3.63, 3.8) is 0 Å². The van der Waals surface area contributed by atoms with Gasteiger partial charge in [-0.15, -0.1) is 10.2 Å². The minimum absolute atomic E-state index is 0.00866. The van der Waals surface area contributed by atoms with Gasteiger partial charge in [0.05, 0.1) is 5.75 Å². The fourth-order valence-electron chi connectivity index (χ4n) is 1.55. The van der Waals surface area contributed by atoms with Gasteiger partial charge in [0.1, 0.15) is 0 Å². The molecule has 1 heterocycles. The Labute approximate surface area is 128 Å². The molecule has 0 atom stereocenters. The molecule has 0 aliphatic rings. The third kappa shape index (κ3) is 3.98. The van der Waals surface area contributed by atoms with Crippen LogP contribution in [0.25, 0.3) is 11.5 Å². The van der Waals surface area contributed by atoms with E-state index in [1.165, 1.54) is 16.7 Å². The van der Waals surface area contributed by atoms with E-state index in [4.69, 9.17) is 4.42 Å². The van der Waals surface area contributed by atoms with Gasteiger partial charge in [-0.25, -0.2) is 0 Å². The van der Waals surface area contributed by atoms with Crippen molar-refractivity contribution < 1.29 is 9.21 Å². The largest absolute Gasteiger partial charge is 0.411 e. The highest BCUT2D eigenvalue weighted by atomic mass is 32.2. The van der Waals surface area contributed by atoms with Crippen LogP contribution in [-0.4, -0.2) is 54.9 Å². The number of amides is 1. The van der Waals surface area contributed by atoms with Gasteiger partial charge in [0, 0.05) is 39.4 Å². The van der Waals surface area contributed by atoms with Crippen LogP contribution in [0.5, 0.6) is 0 Å². The van der Waals surface area contributed by atoms with Crippen LogP contribution in [0.2, 0.25) is 0 Å². The molecule has 0 bridgehead atoms. The zero-order valence-corrected chi connectivity index (χ0v) is 13.3. The molecule has 112 valence electrons. The zero-order chi connectivity index (χ0) is 15.4. The molecule has 2 aromatic rings. The Hall–Kier alpha value is -2.02. The van der Waals surface area contributed by atoms with E-state index in [1.54, 1.807) is 14.1 Å². The summed E-state index contributed by atoms with van der Waals surface area (Å²) in [5.74, 6) is 0.750. The van der Waals surface area contributed by atoms with Crippen molar-refractivity contribution in [2.75, 3.05) is 38.8 Å². The van der Waals surface area contributed by atoms with Crippen molar-refractivity contribution in [3.8, 4) is 11.5 Å². The van der Waals surface area contributed by atoms with Gasteiger partial charge in [-0.3, -0.25) is 4.79 Å². The van der Waals surface area contributed by atoms with E-state index in [0.29, 0.717) is 11.1 Å². The van der Waals surface area contributed by atoms with Crippen LogP contribution in [0.1, 0.15) is 0 Å². The lowest BCUT2D eigenvalue weighted by atomic mass is 10.2. The molecule has 6 nitrogen and oxygen atoms in total. The molecular formula is C14H18N4O2S. The molecule has 0 radical (unpaired) electrons. The van der Waals surface area contributed by atoms with Gasteiger partial charge >= 0.3 is 0 Å². The number of hydrogen-bond acceptors (Lipinski definition) is 6. The van der Waals surface area contributed by atoms with Gasteiger partial charge in [0.2, 0.25) is 11.8 Å². The topological polar surface area (TPSA) is 62.5 Å². The average Bonchev–Trinajstić information content (AvgIpc) is 2.93. The van der Waals surface area contributed by atoms with Crippen molar-refractivity contribution in [2.24, 2.45) is 0 Å². The van der Waals surface area contributed by atoms with Crippen LogP contribution in [0, 0.1) is 0 Å². The van der Waals surface area contributed by atoms with E-state index >= 15 is 0 Å². The Morgan fingerprint density at radius 3 is 2.67 bits per heavy atom. The maximum absolute atomic E-state index is 11.5. The van der Waals surface area contributed by atoms with Crippen LogP contribution < -0.4 is 4.90 Å². The van der Waals surface area contributed by atoms with Gasteiger partial charge in [0.15, 0.2) is 0 Å². The molecular weight excluding hydrogens is 288 g/mol. The standard InChI is InChI=1S/C14H18N4O2S/c1-17(2)11-7-5-6-10(8-11)13-15-16-14(20-13)21-9-12(19)18(3)4/h5-8H,9H2,1-4H3. The first-order valence-electron chi connectivity index (χ1n) is 6.41. The molecule has 0 N–H and O–H groups in total. The fourth-order valence-corrected chi connectivity index (χ4v) is 2.30. The third-order valence-electron chi connectivity index (χ3n) is 2.83. The lowest BCUT2D eigenvalue weighted by Crippen LogP contribution is -2.23. The van der Waals surface area contributed by atoms with Gasteiger partial charge in [0.25, 0.3) is 5.22 Å². The second kappa shape index (κ2) is 6.62. The maximum atomic E-state index is 11.5. The molecule has 7 heteroatoms. The molecule has 1 amide bonds. The summed E-state index contributed by atoms with van der Waals surface area (Å²) in [5, 5.41) is 8.39. The highest BCUT2D eigenvalue weighted by Crippen LogP contribution is 2.25. The minimum atomic E-state index is 0.00866. The molecule has 21 heavy (non-hydrogen) atoms. The molecule has 0 spiro atoms. The van der Waals surface area contributed by atoms with E-state index in [1.807, 2.05) is 43.3 Å². The number of thioether (sulfide) groups is 1. The molecule has 0 aliphatic heterocycles. The van der Waals surface area contributed by atoms with Crippen molar-refractivity contribution in [2.45, 2.75) is 5.22 Å². The summed E-state index contributed by atoms with van der Waals surface area (Å²) in [6.45, 7) is 0. The first-order valence-corrected chi connectivity index (χ1v) is 7.40. The Kier molecular flexibility index (Phi) is 4.85. The van der Waals surface area contributed by atoms with Gasteiger partial charge in [-0.05, 0) is 18.2 Å². The molecule has 1 aromatic heterocycles. The van der Waals surface area contributed by atoms with Gasteiger partial charge in [-0.2, -0.15) is 0 Å². The second-order valence-electron chi connectivity index (χ2n) is 4.89. The van der Waals surface area contributed by atoms with E-state index < -0.39 is 0 Å². The summed E-state index contributed by atoms with van der Waals surface area (Å²) in [6, 6.07) is 7.84. The lowest BCUT2D eigenvalue weighted by Gasteiger charge is -2.12. The Balaban J connectivity index is 2.09. The number of anilines is 1. The summed E-state index contributed by atoms with van der Waals surface area (Å²) in [7, 11) is 7.38. The predicted molar refractivity (Wildman–Crippen MR) is 83.5 cm³/mol. The highest BCUT2D eigenvalue weighted by Gasteiger charge is 2.12. The van der Waals surface area contributed by atoms with Crippen LogP contribution in [0.15, 0.2) is 33.9 Å². The summed E-state index contributed by atoms with van der Waals surface area (Å²) in [5.41, 5.74) is 1.92. The van der Waals surface area contributed by atoms with Crippen LogP contribution in [-0.2, 0) is 4.79 Å². The van der Waals surface area contributed by atoms with Crippen molar-refractivity contribution in [1.82, 2.24) is 15.1 Å². The summed E-state index contributed by atoms with van der Waals surface area (Å²) < 4.78 is 5.59. The predicted octanol–water partition coefficient (Wildman–Crippen LogP) is 1.98. The Morgan fingerprint density at radius 2 is 2.00 bits per heavy atom. The second-order valence-corrected chi connectivity index (χ2v) is 5.82. The Bertz CT molecular complexity index is 625. The number of benzene rings is 1. The smallest absolute Gasteiger partial charge is 0.277 e. The monoisotopic (exact) mass is 306 g/mol. The first-order chi connectivity index (χ1) is 9.97. The fraction of sp³-hybridized carbons (Fsp3) is 0.357. The first kappa shape index (κ1) is 15.4. The summed E-state index contributed by atoms with van der Waals surface area (Å²) in [4.78, 5) is 15.1. The van der Waals surface area contributed by atoms with E-state index in [0.717, 1.165) is 11.3 Å². The number of rotatable bonds is 5. The van der Waals surface area contributed by atoms with Crippen molar-refractivity contribution >= 4 is 23.4 Å². The normalized spacial score (nSPS) is 10.5. The lowest BCUT2D eigenvalue weighted by molar-refractivity contribution is -0.125. The SMILES string of the molecule is CN(C)C(=O)CSc1nnc(-c2cccc(N(C)C)c2)o1. The third-order valence-corrected chi connectivity index (χ3v) is 3.64. The molecule has 1 aromatic carbocycles. The highest BCUT2D eigenvalue weighted by molar-refractivity contribution is 7.99. The maximum Gasteiger partial charge on any atom is 0.277 e. The number of nitrogens with zero attached hydrogens (tertiary/aromatic N) is 4.